The Hall–Kier alpha value is -3.25. The number of nitriles is 1. The van der Waals surface area contributed by atoms with Crippen LogP contribution in [-0.4, -0.2) is 11.2 Å². The highest BCUT2D eigenvalue weighted by atomic mass is 14.8. The fraction of sp³-hybridized carbons (Fsp3) is 0.174. The highest BCUT2D eigenvalue weighted by molar-refractivity contribution is 5.94. The van der Waals surface area contributed by atoms with E-state index in [1.54, 1.807) is 0 Å². The van der Waals surface area contributed by atoms with E-state index in [9.17, 15) is 5.26 Å². The third-order valence-electron chi connectivity index (χ3n) is 4.89. The van der Waals surface area contributed by atoms with Gasteiger partial charge in [-0.25, -0.2) is 0 Å². The molecule has 126 valence electrons. The van der Waals surface area contributed by atoms with E-state index in [0.717, 1.165) is 39.1 Å². The molecule has 0 spiro atoms. The Balaban J connectivity index is 1.96. The minimum Gasteiger partial charge on any atom is -0.286 e. The third-order valence-corrected chi connectivity index (χ3v) is 4.89. The lowest BCUT2D eigenvalue weighted by Gasteiger charge is -2.19. The lowest BCUT2D eigenvalue weighted by atomic mass is 9.82. The van der Waals surface area contributed by atoms with Gasteiger partial charge >= 0.3 is 0 Å². The first-order valence-electron chi connectivity index (χ1n) is 8.69. The first kappa shape index (κ1) is 16.2. The van der Waals surface area contributed by atoms with Crippen LogP contribution in [0.3, 0.4) is 0 Å². The van der Waals surface area contributed by atoms with Crippen LogP contribution in [0.15, 0.2) is 65.8 Å². The number of fused-ring (bicyclic) bond motifs is 1. The van der Waals surface area contributed by atoms with E-state index in [0.29, 0.717) is 6.54 Å². The minimum absolute atomic E-state index is 0.566. The van der Waals surface area contributed by atoms with Crippen LogP contribution in [-0.2, 0) is 12.0 Å². The molecule has 3 nitrogen and oxygen atoms in total. The zero-order valence-corrected chi connectivity index (χ0v) is 14.9. The molecule has 0 amide bonds. The lowest BCUT2D eigenvalue weighted by Crippen LogP contribution is -2.14. The van der Waals surface area contributed by atoms with Crippen LogP contribution in [0.5, 0.6) is 0 Å². The molecule has 0 atom stereocenters. The SMILES string of the molecule is CC(C)(C#N)c1cc(-c2ccccc2)cc(-c2ccnc3c2C=NC3)c1. The topological polar surface area (TPSA) is 49.0 Å². The number of nitrogens with zero attached hydrogens (tertiary/aromatic N) is 3. The molecule has 0 unspecified atom stereocenters. The van der Waals surface area contributed by atoms with E-state index in [1.807, 2.05) is 50.5 Å². The maximum Gasteiger partial charge on any atom is 0.0818 e. The predicted molar refractivity (Wildman–Crippen MR) is 105 cm³/mol. The summed E-state index contributed by atoms with van der Waals surface area (Å²) in [6.07, 6.45) is 3.75. The van der Waals surface area contributed by atoms with E-state index in [-0.39, 0.29) is 0 Å². The van der Waals surface area contributed by atoms with Gasteiger partial charge in [-0.2, -0.15) is 5.26 Å². The van der Waals surface area contributed by atoms with Crippen LogP contribution >= 0.6 is 0 Å². The number of benzene rings is 2. The van der Waals surface area contributed by atoms with Gasteiger partial charge in [0.15, 0.2) is 0 Å². The van der Waals surface area contributed by atoms with Gasteiger partial charge in [0.1, 0.15) is 0 Å². The van der Waals surface area contributed by atoms with E-state index < -0.39 is 5.41 Å². The maximum atomic E-state index is 9.64. The van der Waals surface area contributed by atoms with Gasteiger partial charge in [-0.05, 0) is 65.9 Å². The number of aliphatic imine (C=N–C) groups is 1. The summed E-state index contributed by atoms with van der Waals surface area (Å²) in [6.45, 7) is 4.55. The monoisotopic (exact) mass is 337 g/mol. The number of aromatic nitrogens is 1. The summed E-state index contributed by atoms with van der Waals surface area (Å²) in [4.78, 5) is 8.80. The molecule has 0 bridgehead atoms. The summed E-state index contributed by atoms with van der Waals surface area (Å²) < 4.78 is 0. The molecule has 3 aromatic rings. The summed E-state index contributed by atoms with van der Waals surface area (Å²) >= 11 is 0. The summed E-state index contributed by atoms with van der Waals surface area (Å²) in [6, 6.07) is 21.2. The summed E-state index contributed by atoms with van der Waals surface area (Å²) in [7, 11) is 0. The van der Waals surface area contributed by atoms with Crippen molar-refractivity contribution in [3.8, 4) is 28.3 Å². The minimum atomic E-state index is -0.566. The van der Waals surface area contributed by atoms with E-state index >= 15 is 0 Å². The average Bonchev–Trinajstić information content (AvgIpc) is 3.17. The smallest absolute Gasteiger partial charge is 0.0818 e. The average molecular weight is 337 g/mol. The van der Waals surface area contributed by atoms with Gasteiger partial charge in [0.2, 0.25) is 0 Å². The van der Waals surface area contributed by atoms with Gasteiger partial charge < -0.3 is 0 Å². The van der Waals surface area contributed by atoms with Gasteiger partial charge in [0, 0.05) is 18.0 Å². The van der Waals surface area contributed by atoms with Gasteiger partial charge in [0.05, 0.1) is 23.7 Å². The number of rotatable bonds is 3. The van der Waals surface area contributed by atoms with Gasteiger partial charge in [-0.3, -0.25) is 9.98 Å². The Kier molecular flexibility index (Phi) is 3.89. The Labute approximate surface area is 153 Å². The van der Waals surface area contributed by atoms with Gasteiger partial charge in [-0.1, -0.05) is 30.3 Å². The van der Waals surface area contributed by atoms with Gasteiger partial charge in [0.25, 0.3) is 0 Å². The molecule has 0 saturated heterocycles. The van der Waals surface area contributed by atoms with Crippen molar-refractivity contribution in [1.82, 2.24) is 4.98 Å². The molecule has 1 aliphatic rings. The van der Waals surface area contributed by atoms with Crippen LogP contribution in [0.1, 0.15) is 30.7 Å². The molecule has 1 aliphatic heterocycles. The van der Waals surface area contributed by atoms with Crippen molar-refractivity contribution in [2.75, 3.05) is 0 Å². The van der Waals surface area contributed by atoms with Crippen molar-refractivity contribution in [3.63, 3.8) is 0 Å². The summed E-state index contributed by atoms with van der Waals surface area (Å²) in [5.41, 5.74) is 7.00. The highest BCUT2D eigenvalue weighted by Crippen LogP contribution is 2.35. The lowest BCUT2D eigenvalue weighted by molar-refractivity contribution is 0.687. The molecule has 0 aliphatic carbocycles. The van der Waals surface area contributed by atoms with Crippen molar-refractivity contribution in [3.05, 3.63) is 77.6 Å². The Morgan fingerprint density at radius 3 is 2.50 bits per heavy atom. The standard InChI is InChI=1S/C23H19N3/c1-23(2,15-24)19-11-17(16-6-4-3-5-7-16)10-18(12-19)20-8-9-26-22-14-25-13-21(20)22/h3-13H,14H2,1-2H3. The molecule has 3 heteroatoms. The molecule has 0 saturated carbocycles. The normalized spacial score (nSPS) is 12.7. The molecular formula is C23H19N3. The highest BCUT2D eigenvalue weighted by Gasteiger charge is 2.22. The van der Waals surface area contributed by atoms with Crippen LogP contribution in [0, 0.1) is 11.3 Å². The fourth-order valence-corrected chi connectivity index (χ4v) is 3.27. The second-order valence-electron chi connectivity index (χ2n) is 7.09. The molecule has 0 fully saturated rings. The quantitative estimate of drug-likeness (QED) is 0.663. The van der Waals surface area contributed by atoms with Crippen LogP contribution < -0.4 is 0 Å². The molecule has 2 heterocycles. The van der Waals surface area contributed by atoms with Crippen molar-refractivity contribution < 1.29 is 0 Å². The predicted octanol–water partition coefficient (Wildman–Crippen LogP) is 5.15. The maximum absolute atomic E-state index is 9.64. The summed E-state index contributed by atoms with van der Waals surface area (Å²) in [5.74, 6) is 0. The van der Waals surface area contributed by atoms with Crippen LogP contribution in [0.2, 0.25) is 0 Å². The zero-order chi connectivity index (χ0) is 18.1. The first-order valence-corrected chi connectivity index (χ1v) is 8.69. The van der Waals surface area contributed by atoms with Crippen molar-refractivity contribution in [2.24, 2.45) is 4.99 Å². The van der Waals surface area contributed by atoms with Crippen molar-refractivity contribution in [1.29, 1.82) is 5.26 Å². The number of hydrogen-bond donors (Lipinski definition) is 0. The Morgan fingerprint density at radius 2 is 1.73 bits per heavy atom. The fourth-order valence-electron chi connectivity index (χ4n) is 3.27. The first-order chi connectivity index (χ1) is 12.6. The van der Waals surface area contributed by atoms with E-state index in [4.69, 9.17) is 0 Å². The second kappa shape index (κ2) is 6.24. The molecule has 2 aromatic carbocycles. The Bertz CT molecular complexity index is 1040. The number of pyridine rings is 1. The largest absolute Gasteiger partial charge is 0.286 e. The molecular weight excluding hydrogens is 318 g/mol. The zero-order valence-electron chi connectivity index (χ0n) is 14.9. The van der Waals surface area contributed by atoms with E-state index in [2.05, 4.69) is 46.4 Å². The van der Waals surface area contributed by atoms with Gasteiger partial charge in [-0.15, -0.1) is 0 Å². The summed E-state index contributed by atoms with van der Waals surface area (Å²) in [5, 5.41) is 9.64. The third kappa shape index (κ3) is 2.80. The van der Waals surface area contributed by atoms with Crippen molar-refractivity contribution in [2.45, 2.75) is 25.8 Å². The van der Waals surface area contributed by atoms with Crippen LogP contribution in [0.25, 0.3) is 22.3 Å². The molecule has 4 rings (SSSR count). The van der Waals surface area contributed by atoms with E-state index in [1.165, 1.54) is 0 Å². The number of hydrogen-bond acceptors (Lipinski definition) is 3. The van der Waals surface area contributed by atoms with Crippen molar-refractivity contribution >= 4 is 6.21 Å². The second-order valence-corrected chi connectivity index (χ2v) is 7.09. The Morgan fingerprint density at radius 1 is 0.962 bits per heavy atom. The van der Waals surface area contributed by atoms with Crippen LogP contribution in [0.4, 0.5) is 0 Å². The molecule has 1 aromatic heterocycles. The molecule has 26 heavy (non-hydrogen) atoms. The molecule has 0 radical (unpaired) electrons. The molecule has 0 N–H and O–H groups in total.